The van der Waals surface area contributed by atoms with Crippen molar-refractivity contribution < 1.29 is 14.7 Å². The van der Waals surface area contributed by atoms with E-state index in [1.54, 1.807) is 14.0 Å². The maximum absolute atomic E-state index is 12.1. The highest BCUT2D eigenvalue weighted by Gasteiger charge is 2.25. The molecule has 0 aliphatic carbocycles. The number of carbonyl (C=O) groups is 2. The number of amides is 2. The number of aliphatic carboxylic acids is 1. The molecule has 1 aromatic rings. The zero-order valence-corrected chi connectivity index (χ0v) is 13.0. The summed E-state index contributed by atoms with van der Waals surface area (Å²) in [6, 6.07) is 9.99. The molecule has 0 aromatic heterocycles. The third-order valence-electron chi connectivity index (χ3n) is 3.95. The predicted molar refractivity (Wildman–Crippen MR) is 85.0 cm³/mol. The van der Waals surface area contributed by atoms with Gasteiger partial charge >= 0.3 is 12.0 Å². The summed E-state index contributed by atoms with van der Waals surface area (Å²) in [5.41, 5.74) is 1.16. The van der Waals surface area contributed by atoms with Crippen LogP contribution in [0.15, 0.2) is 30.3 Å². The van der Waals surface area contributed by atoms with Gasteiger partial charge in [0.25, 0.3) is 0 Å². The Labute approximate surface area is 130 Å². The Balaban J connectivity index is 1.82. The number of carbonyl (C=O) groups excluding carboxylic acids is 1. The highest BCUT2D eigenvalue weighted by Crippen LogP contribution is 2.19. The Morgan fingerprint density at radius 2 is 2.09 bits per heavy atom. The number of rotatable bonds is 5. The summed E-state index contributed by atoms with van der Waals surface area (Å²) in [7, 11) is 1.62. The second kappa shape index (κ2) is 7.15. The quantitative estimate of drug-likeness (QED) is 0.867. The van der Waals surface area contributed by atoms with Crippen molar-refractivity contribution in [3.05, 3.63) is 30.3 Å². The standard InChI is InChI=1S/C16H23N3O3/c1-12(15(20)21)10-18(2)16(22)17-13-8-9-19(11-13)14-6-4-3-5-7-14/h3-7,12-13H,8-11H2,1-2H3,(H,17,22)(H,20,21). The van der Waals surface area contributed by atoms with Crippen LogP contribution in [-0.2, 0) is 4.79 Å². The van der Waals surface area contributed by atoms with Crippen molar-refractivity contribution in [1.82, 2.24) is 10.2 Å². The van der Waals surface area contributed by atoms with Crippen LogP contribution in [-0.4, -0.2) is 54.7 Å². The van der Waals surface area contributed by atoms with Gasteiger partial charge in [0.15, 0.2) is 0 Å². The lowest BCUT2D eigenvalue weighted by Crippen LogP contribution is -2.46. The highest BCUT2D eigenvalue weighted by molar-refractivity contribution is 5.76. The van der Waals surface area contributed by atoms with Crippen molar-refractivity contribution >= 4 is 17.7 Å². The van der Waals surface area contributed by atoms with Crippen LogP contribution in [0.1, 0.15) is 13.3 Å². The summed E-state index contributed by atoms with van der Waals surface area (Å²) >= 11 is 0. The van der Waals surface area contributed by atoms with E-state index in [1.165, 1.54) is 4.90 Å². The van der Waals surface area contributed by atoms with E-state index < -0.39 is 11.9 Å². The van der Waals surface area contributed by atoms with Crippen LogP contribution in [0.3, 0.4) is 0 Å². The van der Waals surface area contributed by atoms with Crippen LogP contribution < -0.4 is 10.2 Å². The summed E-state index contributed by atoms with van der Waals surface area (Å²) in [4.78, 5) is 26.6. The van der Waals surface area contributed by atoms with Gasteiger partial charge in [-0.05, 0) is 18.6 Å². The molecule has 0 saturated carbocycles. The maximum atomic E-state index is 12.1. The van der Waals surface area contributed by atoms with E-state index in [9.17, 15) is 9.59 Å². The van der Waals surface area contributed by atoms with Gasteiger partial charge in [-0.25, -0.2) is 4.79 Å². The first-order valence-corrected chi connectivity index (χ1v) is 7.52. The molecule has 2 atom stereocenters. The highest BCUT2D eigenvalue weighted by atomic mass is 16.4. The monoisotopic (exact) mass is 305 g/mol. The normalized spacial score (nSPS) is 18.8. The lowest BCUT2D eigenvalue weighted by atomic mass is 10.2. The lowest BCUT2D eigenvalue weighted by Gasteiger charge is -2.23. The van der Waals surface area contributed by atoms with Gasteiger partial charge in [0.2, 0.25) is 0 Å². The fourth-order valence-corrected chi connectivity index (χ4v) is 2.61. The van der Waals surface area contributed by atoms with Crippen molar-refractivity contribution in [2.24, 2.45) is 5.92 Å². The molecule has 1 aromatic carbocycles. The van der Waals surface area contributed by atoms with E-state index >= 15 is 0 Å². The van der Waals surface area contributed by atoms with E-state index in [2.05, 4.69) is 22.3 Å². The average Bonchev–Trinajstić information content (AvgIpc) is 2.96. The molecule has 1 aliphatic rings. The lowest BCUT2D eigenvalue weighted by molar-refractivity contribution is -0.141. The molecule has 1 fully saturated rings. The third-order valence-corrected chi connectivity index (χ3v) is 3.95. The van der Waals surface area contributed by atoms with Gasteiger partial charge < -0.3 is 20.2 Å². The molecule has 0 radical (unpaired) electrons. The molecule has 0 spiro atoms. The Bertz CT molecular complexity index is 521. The Morgan fingerprint density at radius 1 is 1.41 bits per heavy atom. The zero-order valence-electron chi connectivity index (χ0n) is 13.0. The number of para-hydroxylation sites is 1. The van der Waals surface area contributed by atoms with Gasteiger partial charge in [-0.1, -0.05) is 25.1 Å². The van der Waals surface area contributed by atoms with E-state index in [4.69, 9.17) is 5.11 Å². The first kappa shape index (κ1) is 16.1. The number of carboxylic acid groups (broad SMARTS) is 1. The van der Waals surface area contributed by atoms with Crippen molar-refractivity contribution in [1.29, 1.82) is 0 Å². The maximum Gasteiger partial charge on any atom is 0.317 e. The van der Waals surface area contributed by atoms with Crippen molar-refractivity contribution in [2.45, 2.75) is 19.4 Å². The number of benzene rings is 1. The van der Waals surface area contributed by atoms with E-state index in [-0.39, 0.29) is 18.6 Å². The van der Waals surface area contributed by atoms with E-state index in [1.807, 2.05) is 18.2 Å². The van der Waals surface area contributed by atoms with Crippen molar-refractivity contribution in [2.75, 3.05) is 31.6 Å². The third kappa shape index (κ3) is 4.13. The first-order valence-electron chi connectivity index (χ1n) is 7.52. The summed E-state index contributed by atoms with van der Waals surface area (Å²) < 4.78 is 0. The van der Waals surface area contributed by atoms with Crippen LogP contribution in [0.5, 0.6) is 0 Å². The number of anilines is 1. The SMILES string of the molecule is CC(CN(C)C(=O)NC1CCN(c2ccccc2)C1)C(=O)O. The predicted octanol–water partition coefficient (Wildman–Crippen LogP) is 1.63. The smallest absolute Gasteiger partial charge is 0.317 e. The molecule has 6 nitrogen and oxygen atoms in total. The zero-order chi connectivity index (χ0) is 16.1. The van der Waals surface area contributed by atoms with Crippen LogP contribution >= 0.6 is 0 Å². The second-order valence-electron chi connectivity index (χ2n) is 5.84. The second-order valence-corrected chi connectivity index (χ2v) is 5.84. The largest absolute Gasteiger partial charge is 0.481 e. The van der Waals surface area contributed by atoms with Crippen LogP contribution in [0.2, 0.25) is 0 Å². The molecular weight excluding hydrogens is 282 g/mol. The molecule has 1 heterocycles. The minimum atomic E-state index is -0.893. The van der Waals surface area contributed by atoms with Gasteiger partial charge in [0, 0.05) is 38.4 Å². The molecule has 1 saturated heterocycles. The molecule has 0 bridgehead atoms. The fraction of sp³-hybridized carbons (Fsp3) is 0.500. The number of hydrogen-bond donors (Lipinski definition) is 2. The van der Waals surface area contributed by atoms with E-state index in [0.29, 0.717) is 0 Å². The van der Waals surface area contributed by atoms with Gasteiger partial charge in [0.1, 0.15) is 0 Å². The van der Waals surface area contributed by atoms with Gasteiger partial charge in [-0.15, -0.1) is 0 Å². The molecule has 2 unspecified atom stereocenters. The van der Waals surface area contributed by atoms with Crippen LogP contribution in [0, 0.1) is 5.92 Å². The summed E-state index contributed by atoms with van der Waals surface area (Å²) in [6.07, 6.45) is 0.892. The average molecular weight is 305 g/mol. The Hall–Kier alpha value is -2.24. The first-order chi connectivity index (χ1) is 10.5. The van der Waals surface area contributed by atoms with Gasteiger partial charge in [0.05, 0.1) is 5.92 Å². The fourth-order valence-electron chi connectivity index (χ4n) is 2.61. The molecule has 1 aliphatic heterocycles. The minimum absolute atomic E-state index is 0.0929. The number of nitrogens with zero attached hydrogens (tertiary/aromatic N) is 2. The van der Waals surface area contributed by atoms with Crippen LogP contribution in [0.4, 0.5) is 10.5 Å². The number of nitrogens with one attached hydrogen (secondary N) is 1. The summed E-state index contributed by atoms with van der Waals surface area (Å²) in [5, 5.41) is 11.9. The summed E-state index contributed by atoms with van der Waals surface area (Å²) in [5.74, 6) is -1.46. The number of urea groups is 1. The number of carboxylic acids is 1. The topological polar surface area (TPSA) is 72.9 Å². The molecule has 22 heavy (non-hydrogen) atoms. The number of hydrogen-bond acceptors (Lipinski definition) is 3. The van der Waals surface area contributed by atoms with Crippen molar-refractivity contribution in [3.63, 3.8) is 0 Å². The van der Waals surface area contributed by atoms with Crippen molar-refractivity contribution in [3.8, 4) is 0 Å². The molecule has 2 N–H and O–H groups in total. The van der Waals surface area contributed by atoms with Gasteiger partial charge in [-0.3, -0.25) is 4.79 Å². The van der Waals surface area contributed by atoms with Crippen LogP contribution in [0.25, 0.3) is 0 Å². The molecular formula is C16H23N3O3. The summed E-state index contributed by atoms with van der Waals surface area (Å²) in [6.45, 7) is 3.48. The molecule has 6 heteroatoms. The van der Waals surface area contributed by atoms with Gasteiger partial charge in [-0.2, -0.15) is 0 Å². The molecule has 2 amide bonds. The molecule has 2 rings (SSSR count). The molecule has 120 valence electrons. The Morgan fingerprint density at radius 3 is 2.73 bits per heavy atom. The minimum Gasteiger partial charge on any atom is -0.481 e. The Kier molecular flexibility index (Phi) is 5.25. The van der Waals surface area contributed by atoms with E-state index in [0.717, 1.165) is 25.2 Å².